The van der Waals surface area contributed by atoms with Gasteiger partial charge in [-0.25, -0.2) is 0 Å². The monoisotopic (exact) mass is 439 g/mol. The van der Waals surface area contributed by atoms with E-state index in [0.29, 0.717) is 69.6 Å². The molecule has 1 atom stereocenters. The summed E-state index contributed by atoms with van der Waals surface area (Å²) in [6.07, 6.45) is 4.31. The number of hydrogen-bond acceptors (Lipinski definition) is 5. The fraction of sp³-hybridized carbons (Fsp3) is 0.458. The zero-order valence-electron chi connectivity index (χ0n) is 18.3. The van der Waals surface area contributed by atoms with Crippen molar-refractivity contribution in [2.45, 2.75) is 37.6 Å². The minimum atomic E-state index is -0.434. The highest BCUT2D eigenvalue weighted by Crippen LogP contribution is 2.30. The van der Waals surface area contributed by atoms with Gasteiger partial charge in [0.1, 0.15) is 11.5 Å². The van der Waals surface area contributed by atoms with Gasteiger partial charge in [0, 0.05) is 56.5 Å². The van der Waals surface area contributed by atoms with Gasteiger partial charge in [-0.1, -0.05) is 0 Å². The van der Waals surface area contributed by atoms with Crippen LogP contribution in [0.15, 0.2) is 47.1 Å². The first-order valence-corrected chi connectivity index (χ1v) is 11.0. The van der Waals surface area contributed by atoms with E-state index in [0.717, 1.165) is 5.76 Å². The van der Waals surface area contributed by atoms with Crippen LogP contribution in [0.2, 0.25) is 0 Å². The Balaban J connectivity index is 1.29. The Bertz CT molecular complexity index is 949. The van der Waals surface area contributed by atoms with Crippen LogP contribution >= 0.6 is 0 Å². The third-order valence-electron chi connectivity index (χ3n) is 6.40. The lowest BCUT2D eigenvalue weighted by Gasteiger charge is -2.36. The predicted octanol–water partition coefficient (Wildman–Crippen LogP) is 2.24. The maximum Gasteiger partial charge on any atom is 0.253 e. The molecule has 0 aliphatic carbocycles. The number of nitrogens with zero attached hydrogens (tertiary/aromatic N) is 2. The van der Waals surface area contributed by atoms with Gasteiger partial charge in [0.15, 0.2) is 0 Å². The summed E-state index contributed by atoms with van der Waals surface area (Å²) in [5.74, 6) is 1.56. The summed E-state index contributed by atoms with van der Waals surface area (Å²) in [5, 5.41) is 3.08. The van der Waals surface area contributed by atoms with Crippen LogP contribution in [-0.4, -0.2) is 66.3 Å². The van der Waals surface area contributed by atoms with Crippen LogP contribution in [0.5, 0.6) is 5.75 Å². The maximum absolute atomic E-state index is 12.9. The third-order valence-corrected chi connectivity index (χ3v) is 6.40. The Morgan fingerprint density at radius 3 is 2.41 bits per heavy atom. The van der Waals surface area contributed by atoms with Gasteiger partial charge >= 0.3 is 0 Å². The number of rotatable bonds is 7. The number of methoxy groups -OCH3 is 1. The van der Waals surface area contributed by atoms with Crippen molar-refractivity contribution in [1.29, 1.82) is 0 Å². The second kappa shape index (κ2) is 9.46. The lowest BCUT2D eigenvalue weighted by molar-refractivity contribution is -0.133. The van der Waals surface area contributed by atoms with Crippen LogP contribution in [0.4, 0.5) is 0 Å². The minimum absolute atomic E-state index is 0.0228. The van der Waals surface area contributed by atoms with Gasteiger partial charge in [0.25, 0.3) is 5.91 Å². The van der Waals surface area contributed by atoms with Crippen LogP contribution < -0.4 is 10.1 Å². The summed E-state index contributed by atoms with van der Waals surface area (Å²) >= 11 is 0. The summed E-state index contributed by atoms with van der Waals surface area (Å²) in [6.45, 7) is 2.03. The quantitative estimate of drug-likeness (QED) is 0.714. The average Bonchev–Trinajstić information content (AvgIpc) is 3.47. The van der Waals surface area contributed by atoms with Crippen LogP contribution in [0.3, 0.4) is 0 Å². The Hall–Kier alpha value is -3.29. The van der Waals surface area contributed by atoms with E-state index >= 15 is 0 Å². The number of hydrogen-bond donors (Lipinski definition) is 1. The molecule has 2 aliphatic rings. The molecule has 2 fully saturated rings. The Morgan fingerprint density at radius 2 is 1.81 bits per heavy atom. The van der Waals surface area contributed by atoms with Crippen LogP contribution in [-0.2, 0) is 16.0 Å². The van der Waals surface area contributed by atoms with Gasteiger partial charge in [0.05, 0.1) is 13.4 Å². The first kappa shape index (κ1) is 21.9. The van der Waals surface area contributed by atoms with Crippen molar-refractivity contribution >= 4 is 17.7 Å². The fourth-order valence-corrected chi connectivity index (χ4v) is 4.51. The molecule has 1 aromatic heterocycles. The molecule has 0 saturated carbocycles. The van der Waals surface area contributed by atoms with Gasteiger partial charge in [0.2, 0.25) is 11.8 Å². The van der Waals surface area contributed by atoms with Crippen molar-refractivity contribution < 1.29 is 23.5 Å². The van der Waals surface area contributed by atoms with E-state index in [4.69, 9.17) is 9.15 Å². The fourth-order valence-electron chi connectivity index (χ4n) is 4.51. The molecular formula is C24H29N3O5. The first-order valence-electron chi connectivity index (χ1n) is 11.0. The standard InChI is InChI=1S/C24H29N3O5/c1-31-19-6-4-18(5-7-19)23(30)27-14-12-26(13-15-27)22(29)9-11-24(10-8-21(28)25-24)17-20-3-2-16-32-20/h2-7,16H,8-15,17H2,1H3,(H,25,28)/t24-/m0/s1. The van der Waals surface area contributed by atoms with Crippen molar-refractivity contribution in [3.8, 4) is 5.75 Å². The van der Waals surface area contributed by atoms with E-state index < -0.39 is 5.54 Å². The van der Waals surface area contributed by atoms with Gasteiger partial charge in [-0.3, -0.25) is 14.4 Å². The predicted molar refractivity (Wildman–Crippen MR) is 117 cm³/mol. The molecule has 0 spiro atoms. The SMILES string of the molecule is COc1ccc(C(=O)N2CCN(C(=O)CC[C@]3(Cc4ccco4)CCC(=O)N3)CC2)cc1. The number of benzene rings is 1. The van der Waals surface area contributed by atoms with E-state index in [1.54, 1.807) is 42.5 Å². The molecule has 32 heavy (non-hydrogen) atoms. The highest BCUT2D eigenvalue weighted by atomic mass is 16.5. The van der Waals surface area contributed by atoms with E-state index in [2.05, 4.69) is 5.32 Å². The zero-order chi connectivity index (χ0) is 22.6. The molecule has 3 heterocycles. The summed E-state index contributed by atoms with van der Waals surface area (Å²) in [6, 6.07) is 10.8. The number of nitrogens with one attached hydrogen (secondary N) is 1. The zero-order valence-corrected chi connectivity index (χ0v) is 18.3. The molecule has 8 nitrogen and oxygen atoms in total. The van der Waals surface area contributed by atoms with Crippen molar-refractivity contribution in [3.63, 3.8) is 0 Å². The van der Waals surface area contributed by atoms with Gasteiger partial charge in [-0.15, -0.1) is 0 Å². The molecule has 1 aromatic carbocycles. The highest BCUT2D eigenvalue weighted by molar-refractivity contribution is 5.94. The lowest BCUT2D eigenvalue weighted by Crippen LogP contribution is -2.51. The summed E-state index contributed by atoms with van der Waals surface area (Å²) < 4.78 is 10.6. The normalized spacial score (nSPS) is 20.8. The van der Waals surface area contributed by atoms with E-state index in [1.165, 1.54) is 0 Å². The molecule has 0 radical (unpaired) electrons. The Morgan fingerprint density at radius 1 is 1.09 bits per heavy atom. The van der Waals surface area contributed by atoms with Crippen molar-refractivity contribution in [1.82, 2.24) is 15.1 Å². The molecule has 3 amide bonds. The largest absolute Gasteiger partial charge is 0.497 e. The number of carbonyl (C=O) groups is 3. The second-order valence-corrected chi connectivity index (χ2v) is 8.49. The van der Waals surface area contributed by atoms with Gasteiger partial charge < -0.3 is 24.3 Å². The van der Waals surface area contributed by atoms with Crippen molar-refractivity contribution in [3.05, 3.63) is 54.0 Å². The molecule has 2 saturated heterocycles. The number of piperazine rings is 1. The smallest absolute Gasteiger partial charge is 0.253 e. The molecule has 1 N–H and O–H groups in total. The minimum Gasteiger partial charge on any atom is -0.497 e. The molecule has 8 heteroatoms. The number of amides is 3. The van der Waals surface area contributed by atoms with Gasteiger partial charge in [-0.2, -0.15) is 0 Å². The molecule has 0 bridgehead atoms. The summed E-state index contributed by atoms with van der Waals surface area (Å²) in [7, 11) is 1.59. The third kappa shape index (κ3) is 4.95. The summed E-state index contributed by atoms with van der Waals surface area (Å²) in [5.41, 5.74) is 0.180. The molecule has 170 valence electrons. The second-order valence-electron chi connectivity index (χ2n) is 8.49. The topological polar surface area (TPSA) is 92.1 Å². The van der Waals surface area contributed by atoms with Crippen LogP contribution in [0, 0.1) is 0 Å². The van der Waals surface area contributed by atoms with E-state index in [1.807, 2.05) is 17.0 Å². The Kier molecular flexibility index (Phi) is 6.48. The highest BCUT2D eigenvalue weighted by Gasteiger charge is 2.39. The molecule has 0 unspecified atom stereocenters. The molecule has 2 aliphatic heterocycles. The first-order chi connectivity index (χ1) is 15.5. The average molecular weight is 440 g/mol. The molecule has 4 rings (SSSR count). The van der Waals surface area contributed by atoms with E-state index in [9.17, 15) is 14.4 Å². The Labute approximate surface area is 187 Å². The number of carbonyl (C=O) groups excluding carboxylic acids is 3. The van der Waals surface area contributed by atoms with Crippen LogP contribution in [0.25, 0.3) is 0 Å². The van der Waals surface area contributed by atoms with Gasteiger partial charge in [-0.05, 0) is 49.2 Å². The molecule has 2 aromatic rings. The van der Waals surface area contributed by atoms with E-state index in [-0.39, 0.29) is 17.7 Å². The van der Waals surface area contributed by atoms with Crippen molar-refractivity contribution in [2.24, 2.45) is 0 Å². The number of furan rings is 1. The summed E-state index contributed by atoms with van der Waals surface area (Å²) in [4.78, 5) is 41.1. The molecular weight excluding hydrogens is 410 g/mol. The van der Waals surface area contributed by atoms with Crippen molar-refractivity contribution in [2.75, 3.05) is 33.3 Å². The lowest BCUT2D eigenvalue weighted by atomic mass is 9.87. The maximum atomic E-state index is 12.9. The number of ether oxygens (including phenoxy) is 1. The van der Waals surface area contributed by atoms with Crippen LogP contribution in [0.1, 0.15) is 41.8 Å².